The van der Waals surface area contributed by atoms with Crippen LogP contribution < -0.4 is 4.89 Å². The maximum absolute atomic E-state index is 12.5. The van der Waals surface area contributed by atoms with Gasteiger partial charge in [0, 0.05) is 13.2 Å². The molecule has 0 saturated heterocycles. The molecule has 0 N–H and O–H groups in total. The van der Waals surface area contributed by atoms with Crippen molar-refractivity contribution in [3.8, 4) is 0 Å². The maximum Gasteiger partial charge on any atom is 0.268 e. The predicted molar refractivity (Wildman–Crippen MR) is 240 cm³/mol. The number of rotatable bonds is 40. The highest BCUT2D eigenvalue weighted by atomic mass is 31.2. The number of hydrogen-bond donors (Lipinski definition) is 0. The third kappa shape index (κ3) is 38.2. The lowest BCUT2D eigenvalue weighted by molar-refractivity contribution is -0.870. The molecular formula is C48H100NO6P. The zero-order valence-corrected chi connectivity index (χ0v) is 40.8. The van der Waals surface area contributed by atoms with Crippen LogP contribution in [-0.2, 0) is 23.1 Å². The van der Waals surface area contributed by atoms with Crippen LogP contribution in [-0.4, -0.2) is 71.3 Å². The van der Waals surface area contributed by atoms with Crippen molar-refractivity contribution in [2.75, 3.05) is 60.7 Å². The SMILES string of the molecule is CC(C)CCC[C@@H](C)CCC[C@@H](C)CCCC(C)CCOC[C@H](COP(=O)([O-])OCC[N+](C)(C)C)OCCC(C)CCC[C@H](C)CCC[C@H](C)CCCC(C)C. The molecule has 0 fully saturated rings. The molecule has 0 aromatic rings. The highest BCUT2D eigenvalue weighted by Crippen LogP contribution is 2.38. The molecular weight excluding hydrogens is 718 g/mol. The molecule has 3 unspecified atom stereocenters. The first-order valence-corrected chi connectivity index (χ1v) is 25.3. The summed E-state index contributed by atoms with van der Waals surface area (Å²) in [7, 11) is 1.58. The summed E-state index contributed by atoms with van der Waals surface area (Å²) >= 11 is 0. The average molecular weight is 818 g/mol. The van der Waals surface area contributed by atoms with Gasteiger partial charge in [-0.2, -0.15) is 0 Å². The van der Waals surface area contributed by atoms with Crippen molar-refractivity contribution in [1.29, 1.82) is 0 Å². The number of likely N-dealkylation sites (N-methyl/N-ethyl adjacent to an activating group) is 1. The molecule has 0 aromatic carbocycles. The van der Waals surface area contributed by atoms with Gasteiger partial charge in [0.15, 0.2) is 0 Å². The monoisotopic (exact) mass is 818 g/mol. The summed E-state index contributed by atoms with van der Waals surface area (Å²) < 4.78 is 35.9. The Balaban J connectivity index is 4.55. The molecule has 0 bridgehead atoms. The normalized spacial score (nSPS) is 17.5. The van der Waals surface area contributed by atoms with Crippen molar-refractivity contribution in [3.63, 3.8) is 0 Å². The lowest BCUT2D eigenvalue weighted by Crippen LogP contribution is -2.37. The van der Waals surface area contributed by atoms with E-state index in [0.717, 1.165) is 48.3 Å². The number of phosphoric ester groups is 1. The summed E-state index contributed by atoms with van der Waals surface area (Å²) in [6.45, 7) is 25.8. The van der Waals surface area contributed by atoms with Gasteiger partial charge in [-0.3, -0.25) is 4.57 Å². The Morgan fingerprint density at radius 2 is 0.786 bits per heavy atom. The summed E-state index contributed by atoms with van der Waals surface area (Å²) in [6.07, 6.45) is 25.4. The summed E-state index contributed by atoms with van der Waals surface area (Å²) in [5.74, 6) is 6.10. The van der Waals surface area contributed by atoms with E-state index in [2.05, 4.69) is 69.2 Å². The summed E-state index contributed by atoms with van der Waals surface area (Å²) in [5, 5.41) is 0. The van der Waals surface area contributed by atoms with Gasteiger partial charge >= 0.3 is 0 Å². The minimum absolute atomic E-state index is 0.0858. The van der Waals surface area contributed by atoms with E-state index < -0.39 is 13.9 Å². The van der Waals surface area contributed by atoms with E-state index in [1.807, 2.05) is 21.1 Å². The zero-order valence-electron chi connectivity index (χ0n) is 39.9. The van der Waals surface area contributed by atoms with Crippen molar-refractivity contribution in [2.24, 2.45) is 47.3 Å². The fourth-order valence-electron chi connectivity index (χ4n) is 7.59. The Labute approximate surface area is 351 Å². The highest BCUT2D eigenvalue weighted by molar-refractivity contribution is 7.45. The fraction of sp³-hybridized carbons (Fsp3) is 1.00. The maximum atomic E-state index is 12.5. The van der Waals surface area contributed by atoms with Crippen molar-refractivity contribution in [1.82, 2.24) is 0 Å². The summed E-state index contributed by atoms with van der Waals surface area (Å²) in [5.41, 5.74) is 0. The molecule has 0 spiro atoms. The standard InChI is InChI=1S/C48H100NO6P/c1-40(2)20-14-22-42(5)24-16-26-44(7)28-18-30-46(9)32-35-52-38-48(39-55-56(50,51)54-37-34-49(11,12)13)53-36-33-47(10)31-19-29-45(8)27-17-25-43(6)23-15-21-41(3)4/h40-48H,14-39H2,1-13H3/t42-,43-,44-,45-,46?,47?,48-/m1/s1. The number of hydrogen-bond acceptors (Lipinski definition) is 6. The fourth-order valence-corrected chi connectivity index (χ4v) is 8.32. The van der Waals surface area contributed by atoms with Gasteiger partial charge in [0.1, 0.15) is 19.3 Å². The van der Waals surface area contributed by atoms with Crippen LogP contribution in [0.5, 0.6) is 0 Å². The Kier molecular flexibility index (Phi) is 33.7. The lowest BCUT2D eigenvalue weighted by atomic mass is 9.91. The van der Waals surface area contributed by atoms with Gasteiger partial charge in [-0.25, -0.2) is 0 Å². The predicted octanol–water partition coefficient (Wildman–Crippen LogP) is 13.5. The van der Waals surface area contributed by atoms with Crippen LogP contribution in [0, 0.1) is 47.3 Å². The lowest BCUT2D eigenvalue weighted by Gasteiger charge is -2.28. The minimum atomic E-state index is -4.42. The van der Waals surface area contributed by atoms with Gasteiger partial charge < -0.3 is 27.9 Å². The van der Waals surface area contributed by atoms with E-state index in [1.54, 1.807) is 0 Å². The molecule has 0 rings (SSSR count). The second-order valence-electron chi connectivity index (χ2n) is 20.7. The third-order valence-corrected chi connectivity index (χ3v) is 12.9. The van der Waals surface area contributed by atoms with Crippen LogP contribution in [0.1, 0.15) is 198 Å². The van der Waals surface area contributed by atoms with Crippen LogP contribution in [0.15, 0.2) is 0 Å². The average Bonchev–Trinajstić information content (AvgIpc) is 3.07. The molecule has 0 aromatic heterocycles. The van der Waals surface area contributed by atoms with E-state index in [4.69, 9.17) is 18.5 Å². The number of nitrogens with zero attached hydrogens (tertiary/aromatic N) is 1. The molecule has 338 valence electrons. The number of ether oxygens (including phenoxy) is 2. The van der Waals surface area contributed by atoms with E-state index in [0.29, 0.717) is 42.7 Å². The first kappa shape index (κ1) is 56.0. The van der Waals surface area contributed by atoms with E-state index in [9.17, 15) is 9.46 Å². The van der Waals surface area contributed by atoms with Gasteiger partial charge in [-0.1, -0.05) is 185 Å². The highest BCUT2D eigenvalue weighted by Gasteiger charge is 2.19. The van der Waals surface area contributed by atoms with Gasteiger partial charge in [-0.05, 0) is 60.2 Å². The molecule has 0 saturated carbocycles. The van der Waals surface area contributed by atoms with Crippen molar-refractivity contribution >= 4 is 7.82 Å². The van der Waals surface area contributed by atoms with Crippen LogP contribution in [0.25, 0.3) is 0 Å². The topological polar surface area (TPSA) is 77.1 Å². The number of phosphoric acid groups is 1. The van der Waals surface area contributed by atoms with Crippen LogP contribution in [0.3, 0.4) is 0 Å². The Hall–Kier alpha value is -0.0100. The Morgan fingerprint density at radius 3 is 1.14 bits per heavy atom. The largest absolute Gasteiger partial charge is 0.756 e. The third-order valence-electron chi connectivity index (χ3n) is 12.0. The van der Waals surface area contributed by atoms with Gasteiger partial charge in [-0.15, -0.1) is 0 Å². The molecule has 0 aliphatic rings. The molecule has 56 heavy (non-hydrogen) atoms. The molecule has 0 aliphatic carbocycles. The van der Waals surface area contributed by atoms with Gasteiger partial charge in [0.2, 0.25) is 0 Å². The smallest absolute Gasteiger partial charge is 0.268 e. The van der Waals surface area contributed by atoms with Crippen molar-refractivity contribution < 1.29 is 32.5 Å². The summed E-state index contributed by atoms with van der Waals surface area (Å²) in [4.78, 5) is 12.5. The van der Waals surface area contributed by atoms with E-state index in [1.165, 1.54) is 116 Å². The van der Waals surface area contributed by atoms with E-state index in [-0.39, 0.29) is 13.2 Å². The molecule has 0 heterocycles. The van der Waals surface area contributed by atoms with Crippen LogP contribution in [0.2, 0.25) is 0 Å². The molecule has 8 atom stereocenters. The quantitative estimate of drug-likeness (QED) is 0.0348. The second kappa shape index (κ2) is 33.7. The molecule has 8 heteroatoms. The zero-order chi connectivity index (χ0) is 42.4. The molecule has 0 amide bonds. The Morgan fingerprint density at radius 1 is 0.446 bits per heavy atom. The number of quaternary nitrogens is 1. The molecule has 0 aliphatic heterocycles. The first-order valence-electron chi connectivity index (χ1n) is 23.9. The van der Waals surface area contributed by atoms with E-state index >= 15 is 0 Å². The minimum Gasteiger partial charge on any atom is -0.756 e. The van der Waals surface area contributed by atoms with Crippen LogP contribution >= 0.6 is 7.82 Å². The molecule has 7 nitrogen and oxygen atoms in total. The molecule has 0 radical (unpaired) electrons. The van der Waals surface area contributed by atoms with Gasteiger partial charge in [0.25, 0.3) is 7.82 Å². The van der Waals surface area contributed by atoms with Crippen molar-refractivity contribution in [2.45, 2.75) is 204 Å². The second-order valence-corrected chi connectivity index (χ2v) is 22.2. The summed E-state index contributed by atoms with van der Waals surface area (Å²) in [6, 6.07) is 0. The van der Waals surface area contributed by atoms with Crippen molar-refractivity contribution in [3.05, 3.63) is 0 Å². The van der Waals surface area contributed by atoms with Crippen LogP contribution in [0.4, 0.5) is 0 Å². The van der Waals surface area contributed by atoms with Gasteiger partial charge in [0.05, 0.1) is 34.4 Å². The first-order chi connectivity index (χ1) is 26.3. The Bertz CT molecular complexity index is 926.